The molecule has 0 amide bonds. The molecule has 0 aliphatic heterocycles. The Morgan fingerprint density at radius 3 is 2.25 bits per heavy atom. The molecule has 0 spiro atoms. The van der Waals surface area contributed by atoms with Gasteiger partial charge in [0, 0.05) is 23.9 Å². The van der Waals surface area contributed by atoms with Gasteiger partial charge in [0.15, 0.2) is 8.32 Å². The summed E-state index contributed by atoms with van der Waals surface area (Å²) in [6.45, 7) is 13.8. The van der Waals surface area contributed by atoms with Gasteiger partial charge in [-0.2, -0.15) is 0 Å². The van der Waals surface area contributed by atoms with E-state index in [0.717, 1.165) is 17.3 Å². The molecule has 3 nitrogen and oxygen atoms in total. The second kappa shape index (κ2) is 9.16. The summed E-state index contributed by atoms with van der Waals surface area (Å²) in [6.07, 6.45) is 1.91. The van der Waals surface area contributed by atoms with Gasteiger partial charge < -0.3 is 9.16 Å². The maximum Gasteiger partial charge on any atom is 0.302 e. The molecule has 1 atom stereocenters. The second-order valence-electron chi connectivity index (χ2n) is 7.91. The minimum absolute atomic E-state index is 0.185. The van der Waals surface area contributed by atoms with Crippen LogP contribution in [-0.2, 0) is 20.4 Å². The van der Waals surface area contributed by atoms with Crippen molar-refractivity contribution in [1.29, 1.82) is 0 Å². The third-order valence-corrected chi connectivity index (χ3v) is 9.79. The summed E-state index contributed by atoms with van der Waals surface area (Å²) in [4.78, 5) is 11.2. The van der Waals surface area contributed by atoms with E-state index >= 15 is 0 Å². The lowest BCUT2D eigenvalue weighted by molar-refractivity contribution is -0.142. The summed E-state index contributed by atoms with van der Waals surface area (Å²) in [5, 5.41) is 0.185. The van der Waals surface area contributed by atoms with E-state index in [4.69, 9.17) is 9.16 Å². The summed E-state index contributed by atoms with van der Waals surface area (Å²) >= 11 is 3.46. The molecule has 1 rings (SSSR count). The van der Waals surface area contributed by atoms with Gasteiger partial charge in [-0.05, 0) is 48.7 Å². The predicted octanol–water partition coefficient (Wildman–Crippen LogP) is 5.58. The van der Waals surface area contributed by atoms with Crippen molar-refractivity contribution in [3.8, 4) is 0 Å². The van der Waals surface area contributed by atoms with Gasteiger partial charge in [0.25, 0.3) is 0 Å². The topological polar surface area (TPSA) is 35.5 Å². The molecule has 24 heavy (non-hydrogen) atoms. The second-order valence-corrected chi connectivity index (χ2v) is 13.6. The predicted molar refractivity (Wildman–Crippen MR) is 106 cm³/mol. The lowest BCUT2D eigenvalue weighted by Gasteiger charge is -2.37. The summed E-state index contributed by atoms with van der Waals surface area (Å²) < 4.78 is 12.7. The maximum atomic E-state index is 11.2. The van der Waals surface area contributed by atoms with E-state index in [1.807, 2.05) is 0 Å². The van der Waals surface area contributed by atoms with E-state index in [9.17, 15) is 4.79 Å². The Morgan fingerprint density at radius 1 is 1.17 bits per heavy atom. The van der Waals surface area contributed by atoms with Gasteiger partial charge in [-0.25, -0.2) is 0 Å². The van der Waals surface area contributed by atoms with Crippen LogP contribution in [0, 0.1) is 5.92 Å². The third-order valence-electron chi connectivity index (χ3n) is 4.76. The van der Waals surface area contributed by atoms with Crippen LogP contribution in [0.2, 0.25) is 18.1 Å². The Hall–Kier alpha value is -0.653. The lowest BCUT2D eigenvalue weighted by Crippen LogP contribution is -2.42. The van der Waals surface area contributed by atoms with Crippen molar-refractivity contribution in [2.24, 2.45) is 5.92 Å². The van der Waals surface area contributed by atoms with Gasteiger partial charge in [-0.15, -0.1) is 0 Å². The maximum absolute atomic E-state index is 11.2. The number of esters is 1. The van der Waals surface area contributed by atoms with E-state index in [0.29, 0.717) is 13.2 Å². The average molecular weight is 415 g/mol. The molecule has 136 valence electrons. The van der Waals surface area contributed by atoms with E-state index in [1.165, 1.54) is 12.5 Å². The molecule has 0 aliphatic rings. The summed E-state index contributed by atoms with van der Waals surface area (Å²) in [6, 6.07) is 8.37. The van der Waals surface area contributed by atoms with Crippen LogP contribution < -0.4 is 0 Å². The molecule has 0 saturated carbocycles. The molecule has 5 heteroatoms. The Balaban J connectivity index is 2.62. The monoisotopic (exact) mass is 414 g/mol. The molecule has 0 aromatic heterocycles. The largest absolute Gasteiger partial charge is 0.465 e. The SMILES string of the molecule is CC(=O)OC[C@@H](CCc1ccc(Br)cc1)CO[Si](C)(C)C(C)(C)C. The molecule has 0 fully saturated rings. The summed E-state index contributed by atoms with van der Waals surface area (Å²) in [5.74, 6) is 0.00244. The zero-order valence-electron chi connectivity index (χ0n) is 15.8. The average Bonchev–Trinajstić information content (AvgIpc) is 2.46. The Labute approximate surface area is 156 Å². The van der Waals surface area contributed by atoms with Crippen LogP contribution in [0.3, 0.4) is 0 Å². The summed E-state index contributed by atoms with van der Waals surface area (Å²) in [7, 11) is -1.79. The van der Waals surface area contributed by atoms with E-state index in [-0.39, 0.29) is 16.9 Å². The highest BCUT2D eigenvalue weighted by Gasteiger charge is 2.37. The fraction of sp³-hybridized carbons (Fsp3) is 0.632. The fourth-order valence-electron chi connectivity index (χ4n) is 2.01. The van der Waals surface area contributed by atoms with Crippen molar-refractivity contribution >= 4 is 30.2 Å². The number of carbonyl (C=O) groups excluding carboxylic acids is 1. The van der Waals surface area contributed by atoms with E-state index in [2.05, 4.69) is 74.1 Å². The van der Waals surface area contributed by atoms with Crippen LogP contribution in [0.4, 0.5) is 0 Å². The van der Waals surface area contributed by atoms with Crippen LogP contribution in [0.25, 0.3) is 0 Å². The van der Waals surface area contributed by atoms with Gasteiger partial charge in [-0.1, -0.05) is 48.8 Å². The minimum atomic E-state index is -1.79. The highest BCUT2D eigenvalue weighted by Crippen LogP contribution is 2.37. The van der Waals surface area contributed by atoms with Crippen molar-refractivity contribution in [1.82, 2.24) is 0 Å². The molecule has 0 heterocycles. The minimum Gasteiger partial charge on any atom is -0.465 e. The number of benzene rings is 1. The lowest BCUT2D eigenvalue weighted by atomic mass is 10.0. The molecule has 0 bridgehead atoms. The highest BCUT2D eigenvalue weighted by atomic mass is 79.9. The van der Waals surface area contributed by atoms with Gasteiger partial charge in [-0.3, -0.25) is 4.79 Å². The van der Waals surface area contributed by atoms with Crippen LogP contribution in [0.1, 0.15) is 39.7 Å². The molecule has 1 aromatic rings. The normalized spacial score (nSPS) is 13.6. The van der Waals surface area contributed by atoms with Crippen molar-refractivity contribution in [2.45, 2.75) is 58.7 Å². The Kier molecular flexibility index (Phi) is 8.16. The van der Waals surface area contributed by atoms with Crippen LogP contribution >= 0.6 is 15.9 Å². The van der Waals surface area contributed by atoms with Crippen LogP contribution in [-0.4, -0.2) is 27.5 Å². The third kappa shape index (κ3) is 7.49. The number of aryl methyl sites for hydroxylation is 1. The number of hydrogen-bond donors (Lipinski definition) is 0. The molecular formula is C19H31BrO3Si. The molecule has 1 aromatic carbocycles. The number of ether oxygens (including phenoxy) is 1. The first-order valence-electron chi connectivity index (χ1n) is 8.53. The molecule has 0 N–H and O–H groups in total. The standard InChI is InChI=1S/C19H31BrO3Si/c1-15(21)22-13-17(14-23-24(5,6)19(2,3)4)8-7-16-9-11-18(20)12-10-16/h9-12,17H,7-8,13-14H2,1-6H3/t17-/m1/s1. The first-order valence-corrected chi connectivity index (χ1v) is 12.2. The van der Waals surface area contributed by atoms with Crippen LogP contribution in [0.15, 0.2) is 28.7 Å². The fourth-order valence-corrected chi connectivity index (χ4v) is 3.36. The highest BCUT2D eigenvalue weighted by molar-refractivity contribution is 9.10. The van der Waals surface area contributed by atoms with E-state index in [1.54, 1.807) is 0 Å². The van der Waals surface area contributed by atoms with Gasteiger partial charge in [0.1, 0.15) is 0 Å². The van der Waals surface area contributed by atoms with Crippen molar-refractivity contribution in [3.05, 3.63) is 34.3 Å². The number of halogens is 1. The van der Waals surface area contributed by atoms with Gasteiger partial charge in [0.05, 0.1) is 6.61 Å². The van der Waals surface area contributed by atoms with Gasteiger partial charge >= 0.3 is 5.97 Å². The molecular weight excluding hydrogens is 384 g/mol. The smallest absolute Gasteiger partial charge is 0.302 e. The molecule has 0 radical (unpaired) electrons. The molecule has 0 unspecified atom stereocenters. The zero-order chi connectivity index (χ0) is 18.4. The zero-order valence-corrected chi connectivity index (χ0v) is 18.4. The first-order chi connectivity index (χ1) is 11.0. The molecule has 0 saturated heterocycles. The first kappa shape index (κ1) is 21.4. The van der Waals surface area contributed by atoms with Crippen molar-refractivity contribution < 1.29 is 14.0 Å². The number of hydrogen-bond acceptors (Lipinski definition) is 3. The van der Waals surface area contributed by atoms with Crippen molar-refractivity contribution in [3.63, 3.8) is 0 Å². The molecule has 0 aliphatic carbocycles. The number of rotatable bonds is 8. The summed E-state index contributed by atoms with van der Waals surface area (Å²) in [5.41, 5.74) is 1.29. The number of carbonyl (C=O) groups is 1. The van der Waals surface area contributed by atoms with Crippen LogP contribution in [0.5, 0.6) is 0 Å². The quantitative estimate of drug-likeness (QED) is 0.411. The Morgan fingerprint density at radius 2 is 1.75 bits per heavy atom. The van der Waals surface area contributed by atoms with E-state index < -0.39 is 8.32 Å². The van der Waals surface area contributed by atoms with Crippen molar-refractivity contribution in [2.75, 3.05) is 13.2 Å². The van der Waals surface area contributed by atoms with Gasteiger partial charge in [0.2, 0.25) is 0 Å². The Bertz CT molecular complexity index is 520.